The first kappa shape index (κ1) is 7.50. The van der Waals surface area contributed by atoms with Crippen LogP contribution in [0.5, 0.6) is 0 Å². The number of fused-ring (bicyclic) bond motifs is 1. The van der Waals surface area contributed by atoms with Gasteiger partial charge >= 0.3 is 0 Å². The highest BCUT2D eigenvalue weighted by Gasteiger charge is 2.02. The Hall–Kier alpha value is -1.15. The first-order valence-corrected chi connectivity index (χ1v) is 4.12. The van der Waals surface area contributed by atoms with E-state index in [1.807, 2.05) is 13.1 Å². The summed E-state index contributed by atoms with van der Waals surface area (Å²) in [6.07, 6.45) is 1.85. The predicted octanol–water partition coefficient (Wildman–Crippen LogP) is 0.120. The predicted molar refractivity (Wildman–Crippen MR) is 51.5 cm³/mol. The molecule has 1 unspecified atom stereocenters. The van der Waals surface area contributed by atoms with Crippen molar-refractivity contribution in [3.05, 3.63) is 18.0 Å². The molecule has 0 saturated carbocycles. The minimum absolute atomic E-state index is 0.505. The molecule has 0 aliphatic carbocycles. The lowest BCUT2D eigenvalue weighted by atomic mass is 10.5. The molecule has 0 saturated heterocycles. The van der Waals surface area contributed by atoms with Crippen molar-refractivity contribution in [3.8, 4) is 0 Å². The average molecular weight is 180 g/mol. The Bertz CT molecular complexity index is 434. The third-order valence-electron chi connectivity index (χ3n) is 1.59. The lowest BCUT2D eigenvalue weighted by molar-refractivity contribution is 0.949. The number of aromatic nitrogens is 3. The monoisotopic (exact) mass is 180 g/mol. The van der Waals surface area contributed by atoms with Gasteiger partial charge in [-0.05, 0) is 13.0 Å². The van der Waals surface area contributed by atoms with Crippen molar-refractivity contribution < 1.29 is 0 Å². The van der Waals surface area contributed by atoms with Crippen LogP contribution in [0, 0.1) is 6.92 Å². The summed E-state index contributed by atoms with van der Waals surface area (Å²) in [6, 6.07) is 1.78. The molecular formula is C7H9N4P. The van der Waals surface area contributed by atoms with Crippen LogP contribution in [0.1, 0.15) is 5.69 Å². The lowest BCUT2D eigenvalue weighted by Gasteiger charge is -1.97. The summed E-state index contributed by atoms with van der Waals surface area (Å²) in [7, 11) is 2.59. The molecule has 12 heavy (non-hydrogen) atoms. The van der Waals surface area contributed by atoms with E-state index in [-0.39, 0.29) is 0 Å². The SMILES string of the molecule is Cc1cn2nc(N)cc(P)c2n1. The number of aryl methyl sites for hydroxylation is 1. The zero-order valence-corrected chi connectivity index (χ0v) is 7.81. The van der Waals surface area contributed by atoms with Gasteiger partial charge in [-0.2, -0.15) is 0 Å². The number of nitrogen functional groups attached to an aromatic ring is 1. The highest BCUT2D eigenvalue weighted by molar-refractivity contribution is 7.28. The standard InChI is InChI=1S/C7H9N4P/c1-4-3-11-7(9-4)5(12)2-6(8)10-11/h2-3H,12H2,1H3,(H2,8,10). The van der Waals surface area contributed by atoms with Gasteiger partial charge in [0.05, 0.1) is 11.9 Å². The number of rotatable bonds is 0. The van der Waals surface area contributed by atoms with Crippen LogP contribution >= 0.6 is 9.24 Å². The third-order valence-corrected chi connectivity index (χ3v) is 2.02. The molecule has 2 N–H and O–H groups in total. The Labute approximate surface area is 72.0 Å². The maximum absolute atomic E-state index is 5.56. The van der Waals surface area contributed by atoms with Crippen molar-refractivity contribution in [2.24, 2.45) is 0 Å². The molecule has 0 amide bonds. The van der Waals surface area contributed by atoms with E-state index >= 15 is 0 Å². The van der Waals surface area contributed by atoms with Gasteiger partial charge in [-0.3, -0.25) is 0 Å². The Balaban J connectivity index is 2.88. The summed E-state index contributed by atoms with van der Waals surface area (Å²) in [6.45, 7) is 1.93. The van der Waals surface area contributed by atoms with Gasteiger partial charge in [0.1, 0.15) is 5.82 Å². The highest BCUT2D eigenvalue weighted by atomic mass is 31.0. The fraction of sp³-hybridized carbons (Fsp3) is 0.143. The maximum atomic E-state index is 5.56. The van der Waals surface area contributed by atoms with Crippen molar-refractivity contribution in [2.75, 3.05) is 5.73 Å². The van der Waals surface area contributed by atoms with Gasteiger partial charge in [-0.15, -0.1) is 14.3 Å². The van der Waals surface area contributed by atoms with Crippen LogP contribution < -0.4 is 11.0 Å². The molecule has 0 radical (unpaired) electrons. The van der Waals surface area contributed by atoms with Crippen LogP contribution in [0.15, 0.2) is 12.3 Å². The smallest absolute Gasteiger partial charge is 0.161 e. The third kappa shape index (κ3) is 1.04. The number of nitrogens with two attached hydrogens (primary N) is 1. The first-order valence-electron chi connectivity index (χ1n) is 3.55. The van der Waals surface area contributed by atoms with E-state index in [2.05, 4.69) is 19.3 Å². The average Bonchev–Trinajstić information content (AvgIpc) is 2.29. The fourth-order valence-corrected chi connectivity index (χ4v) is 1.50. The van der Waals surface area contributed by atoms with E-state index < -0.39 is 0 Å². The van der Waals surface area contributed by atoms with Gasteiger partial charge in [0, 0.05) is 5.30 Å². The number of anilines is 1. The van der Waals surface area contributed by atoms with E-state index in [0.29, 0.717) is 5.82 Å². The zero-order valence-electron chi connectivity index (χ0n) is 6.65. The van der Waals surface area contributed by atoms with E-state index in [0.717, 1.165) is 16.6 Å². The second-order valence-corrected chi connectivity index (χ2v) is 3.30. The molecule has 2 heterocycles. The van der Waals surface area contributed by atoms with Gasteiger partial charge in [0.15, 0.2) is 5.65 Å². The van der Waals surface area contributed by atoms with Gasteiger partial charge in [0.25, 0.3) is 0 Å². The summed E-state index contributed by atoms with van der Waals surface area (Å²) in [5, 5.41) is 5.04. The van der Waals surface area contributed by atoms with E-state index in [9.17, 15) is 0 Å². The van der Waals surface area contributed by atoms with E-state index in [1.165, 1.54) is 0 Å². The molecule has 4 nitrogen and oxygen atoms in total. The Morgan fingerprint density at radius 3 is 3.08 bits per heavy atom. The van der Waals surface area contributed by atoms with Crippen molar-refractivity contribution in [2.45, 2.75) is 6.92 Å². The summed E-state index contributed by atoms with van der Waals surface area (Å²) >= 11 is 0. The highest BCUT2D eigenvalue weighted by Crippen LogP contribution is 2.05. The number of imidazole rings is 1. The molecular weight excluding hydrogens is 171 g/mol. The Kier molecular flexibility index (Phi) is 1.51. The summed E-state index contributed by atoms with van der Waals surface area (Å²) in [5.74, 6) is 0.505. The van der Waals surface area contributed by atoms with Crippen LogP contribution in [0.25, 0.3) is 5.65 Å². The van der Waals surface area contributed by atoms with Crippen molar-refractivity contribution in [3.63, 3.8) is 0 Å². The van der Waals surface area contributed by atoms with Crippen LogP contribution in [0.4, 0.5) is 5.82 Å². The molecule has 1 atom stereocenters. The van der Waals surface area contributed by atoms with Crippen LogP contribution in [0.3, 0.4) is 0 Å². The van der Waals surface area contributed by atoms with Crippen LogP contribution in [-0.4, -0.2) is 14.6 Å². The van der Waals surface area contributed by atoms with E-state index in [4.69, 9.17) is 5.73 Å². The number of hydrogen-bond donors (Lipinski definition) is 1. The minimum atomic E-state index is 0.505. The van der Waals surface area contributed by atoms with Crippen molar-refractivity contribution in [1.29, 1.82) is 0 Å². The molecule has 0 fully saturated rings. The molecule has 0 aliphatic rings. The molecule has 2 aromatic rings. The molecule has 0 spiro atoms. The molecule has 0 aromatic carbocycles. The van der Waals surface area contributed by atoms with Crippen LogP contribution in [-0.2, 0) is 0 Å². The fourth-order valence-electron chi connectivity index (χ4n) is 1.14. The van der Waals surface area contributed by atoms with Gasteiger partial charge in [-0.1, -0.05) is 0 Å². The second-order valence-electron chi connectivity index (χ2n) is 2.68. The molecule has 5 heteroatoms. The van der Waals surface area contributed by atoms with Crippen molar-refractivity contribution >= 4 is 26.0 Å². The van der Waals surface area contributed by atoms with Gasteiger partial charge in [0.2, 0.25) is 0 Å². The number of nitrogens with zero attached hydrogens (tertiary/aromatic N) is 3. The quantitative estimate of drug-likeness (QED) is 0.586. The lowest BCUT2D eigenvalue weighted by Crippen LogP contribution is -2.05. The maximum Gasteiger partial charge on any atom is 0.161 e. The Morgan fingerprint density at radius 1 is 1.58 bits per heavy atom. The summed E-state index contributed by atoms with van der Waals surface area (Å²) in [5.41, 5.74) is 7.34. The normalized spacial score (nSPS) is 10.8. The minimum Gasteiger partial charge on any atom is -0.382 e. The number of hydrogen-bond acceptors (Lipinski definition) is 3. The summed E-state index contributed by atoms with van der Waals surface area (Å²) < 4.78 is 1.69. The first-order chi connectivity index (χ1) is 5.66. The van der Waals surface area contributed by atoms with Crippen molar-refractivity contribution in [1.82, 2.24) is 14.6 Å². The molecule has 0 bridgehead atoms. The molecule has 2 aromatic heterocycles. The summed E-state index contributed by atoms with van der Waals surface area (Å²) in [4.78, 5) is 4.28. The second kappa shape index (κ2) is 2.42. The molecule has 62 valence electrons. The Morgan fingerprint density at radius 2 is 2.33 bits per heavy atom. The topological polar surface area (TPSA) is 56.2 Å². The largest absolute Gasteiger partial charge is 0.382 e. The zero-order chi connectivity index (χ0) is 8.72. The van der Waals surface area contributed by atoms with Crippen LogP contribution in [0.2, 0.25) is 0 Å². The van der Waals surface area contributed by atoms with Gasteiger partial charge < -0.3 is 5.73 Å². The molecule has 0 aliphatic heterocycles. The van der Waals surface area contributed by atoms with Gasteiger partial charge in [-0.25, -0.2) is 9.50 Å². The molecule has 2 rings (SSSR count). The van der Waals surface area contributed by atoms with E-state index in [1.54, 1.807) is 10.6 Å².